The Morgan fingerprint density at radius 3 is 2.94 bits per heavy atom. The van der Waals surface area contributed by atoms with Crippen molar-refractivity contribution in [2.24, 2.45) is 5.92 Å². The minimum absolute atomic E-state index is 0.266. The Morgan fingerprint density at radius 2 is 2.24 bits per heavy atom. The van der Waals surface area contributed by atoms with E-state index in [0.717, 1.165) is 37.4 Å². The second kappa shape index (κ2) is 5.98. The lowest BCUT2D eigenvalue weighted by Gasteiger charge is -2.26. The fourth-order valence-corrected chi connectivity index (χ4v) is 2.15. The third-order valence-corrected chi connectivity index (χ3v) is 3.10. The van der Waals surface area contributed by atoms with Crippen molar-refractivity contribution in [1.82, 2.24) is 4.98 Å². The number of hydrogen-bond acceptors (Lipinski definition) is 4. The molecule has 1 saturated heterocycles. The molecule has 1 atom stereocenters. The van der Waals surface area contributed by atoms with Crippen molar-refractivity contribution in [3.05, 3.63) is 24.0 Å². The molecule has 2 heterocycles. The predicted octanol–water partition coefficient (Wildman–Crippen LogP) is 1.94. The molecular weight excluding hydrogens is 218 g/mol. The van der Waals surface area contributed by atoms with Crippen LogP contribution in [0, 0.1) is 5.92 Å². The van der Waals surface area contributed by atoms with Gasteiger partial charge in [-0.15, -0.1) is 0 Å². The summed E-state index contributed by atoms with van der Waals surface area (Å²) in [6.45, 7) is 4.01. The van der Waals surface area contributed by atoms with Crippen LogP contribution in [-0.4, -0.2) is 29.9 Å². The molecule has 4 heteroatoms. The summed E-state index contributed by atoms with van der Waals surface area (Å²) in [5.74, 6) is 0.985. The Kier molecular flexibility index (Phi) is 4.34. The second-order valence-corrected chi connectivity index (χ2v) is 4.28. The van der Waals surface area contributed by atoms with Gasteiger partial charge in [0.05, 0.1) is 18.9 Å². The highest BCUT2D eigenvalue weighted by atomic mass is 16.5. The molecule has 1 unspecified atom stereocenters. The third-order valence-electron chi connectivity index (χ3n) is 3.10. The molecule has 0 saturated carbocycles. The van der Waals surface area contributed by atoms with E-state index < -0.39 is 6.10 Å². The van der Waals surface area contributed by atoms with Crippen molar-refractivity contribution in [1.29, 1.82) is 0 Å². The Morgan fingerprint density at radius 1 is 1.47 bits per heavy atom. The zero-order valence-electron chi connectivity index (χ0n) is 10.1. The average Bonchev–Trinajstić information content (AvgIpc) is 2.40. The van der Waals surface area contributed by atoms with Gasteiger partial charge in [0.1, 0.15) is 5.75 Å². The van der Waals surface area contributed by atoms with Crippen molar-refractivity contribution in [2.45, 2.75) is 25.9 Å². The molecule has 1 aromatic heterocycles. The first-order chi connectivity index (χ1) is 8.31. The highest BCUT2D eigenvalue weighted by Crippen LogP contribution is 2.30. The first-order valence-corrected chi connectivity index (χ1v) is 6.15. The molecule has 0 aliphatic carbocycles. The van der Waals surface area contributed by atoms with Gasteiger partial charge in [-0.2, -0.15) is 0 Å². The quantitative estimate of drug-likeness (QED) is 0.869. The first-order valence-electron chi connectivity index (χ1n) is 6.15. The summed E-state index contributed by atoms with van der Waals surface area (Å²) < 4.78 is 10.7. The maximum absolute atomic E-state index is 10.3. The molecule has 0 bridgehead atoms. The summed E-state index contributed by atoms with van der Waals surface area (Å²) in [5, 5.41) is 10.3. The third kappa shape index (κ3) is 3.17. The van der Waals surface area contributed by atoms with E-state index in [2.05, 4.69) is 4.98 Å². The van der Waals surface area contributed by atoms with Crippen molar-refractivity contribution in [3.8, 4) is 5.75 Å². The maximum atomic E-state index is 10.3. The molecule has 1 aliphatic heterocycles. The van der Waals surface area contributed by atoms with Gasteiger partial charge in [-0.3, -0.25) is 4.98 Å². The van der Waals surface area contributed by atoms with Crippen LogP contribution in [0.1, 0.15) is 31.4 Å². The number of aromatic nitrogens is 1. The van der Waals surface area contributed by atoms with E-state index in [1.165, 1.54) is 0 Å². The highest BCUT2D eigenvalue weighted by Gasteiger charge is 2.23. The Labute approximate surface area is 102 Å². The molecule has 94 valence electrons. The molecule has 4 nitrogen and oxygen atoms in total. The molecule has 17 heavy (non-hydrogen) atoms. The van der Waals surface area contributed by atoms with Crippen LogP contribution >= 0.6 is 0 Å². The molecule has 1 N–H and O–H groups in total. The van der Waals surface area contributed by atoms with Crippen LogP contribution in [0.3, 0.4) is 0 Å². The van der Waals surface area contributed by atoms with E-state index in [9.17, 15) is 5.11 Å². The average molecular weight is 237 g/mol. The van der Waals surface area contributed by atoms with Gasteiger partial charge < -0.3 is 14.6 Å². The largest absolute Gasteiger partial charge is 0.492 e. The normalized spacial score (nSPS) is 18.9. The minimum Gasteiger partial charge on any atom is -0.492 e. The zero-order valence-corrected chi connectivity index (χ0v) is 10.1. The smallest absolute Gasteiger partial charge is 0.137 e. The molecule has 1 aliphatic rings. The van der Waals surface area contributed by atoms with E-state index in [1.54, 1.807) is 12.4 Å². The molecular formula is C13H19NO3. The number of aliphatic hydroxyl groups excluding tert-OH is 1. The van der Waals surface area contributed by atoms with Gasteiger partial charge in [-0.1, -0.05) is 0 Å². The summed E-state index contributed by atoms with van der Waals surface area (Å²) >= 11 is 0. The Balaban J connectivity index is 2.06. The van der Waals surface area contributed by atoms with Gasteiger partial charge in [-0.25, -0.2) is 0 Å². The molecule has 1 aromatic rings. The Bertz CT molecular complexity index is 350. The minimum atomic E-state index is -0.466. The van der Waals surface area contributed by atoms with Gasteiger partial charge in [0, 0.05) is 25.0 Å². The van der Waals surface area contributed by atoms with Gasteiger partial charge in [0.25, 0.3) is 0 Å². The molecule has 2 rings (SSSR count). The molecule has 1 fully saturated rings. The first kappa shape index (κ1) is 12.3. The van der Waals surface area contributed by atoms with Crippen LogP contribution in [0.4, 0.5) is 0 Å². The van der Waals surface area contributed by atoms with Gasteiger partial charge in [0.15, 0.2) is 0 Å². The van der Waals surface area contributed by atoms with E-state index in [1.807, 2.05) is 13.0 Å². The van der Waals surface area contributed by atoms with E-state index in [0.29, 0.717) is 6.61 Å². The number of pyridine rings is 1. The summed E-state index contributed by atoms with van der Waals surface area (Å²) in [7, 11) is 0. The summed E-state index contributed by atoms with van der Waals surface area (Å²) in [4.78, 5) is 4.10. The van der Waals surface area contributed by atoms with Crippen LogP contribution in [-0.2, 0) is 4.74 Å². The van der Waals surface area contributed by atoms with Crippen molar-refractivity contribution in [3.63, 3.8) is 0 Å². The fourth-order valence-electron chi connectivity index (χ4n) is 2.15. The van der Waals surface area contributed by atoms with Gasteiger partial charge >= 0.3 is 0 Å². The number of rotatable bonds is 4. The SMILES string of the molecule is CCOc1cncc(C(O)C2CCOCC2)c1. The van der Waals surface area contributed by atoms with Gasteiger partial charge in [-0.05, 0) is 31.7 Å². The molecule has 0 aromatic carbocycles. The number of aliphatic hydroxyl groups is 1. The van der Waals surface area contributed by atoms with Crippen molar-refractivity contribution in [2.75, 3.05) is 19.8 Å². The lowest BCUT2D eigenvalue weighted by atomic mass is 9.90. The lowest BCUT2D eigenvalue weighted by Crippen LogP contribution is -2.22. The van der Waals surface area contributed by atoms with E-state index in [-0.39, 0.29) is 5.92 Å². The van der Waals surface area contributed by atoms with Crippen LogP contribution in [0.25, 0.3) is 0 Å². The van der Waals surface area contributed by atoms with Crippen molar-refractivity contribution >= 4 is 0 Å². The highest BCUT2D eigenvalue weighted by molar-refractivity contribution is 5.25. The maximum Gasteiger partial charge on any atom is 0.137 e. The summed E-state index contributed by atoms with van der Waals surface area (Å²) in [6.07, 6.45) is 4.72. The van der Waals surface area contributed by atoms with Crippen LogP contribution in [0.15, 0.2) is 18.5 Å². The van der Waals surface area contributed by atoms with E-state index in [4.69, 9.17) is 9.47 Å². The van der Waals surface area contributed by atoms with Crippen LogP contribution < -0.4 is 4.74 Å². The molecule has 0 spiro atoms. The van der Waals surface area contributed by atoms with E-state index >= 15 is 0 Å². The molecule has 0 amide bonds. The topological polar surface area (TPSA) is 51.6 Å². The summed E-state index contributed by atoms with van der Waals surface area (Å²) in [6, 6.07) is 1.87. The second-order valence-electron chi connectivity index (χ2n) is 4.28. The standard InChI is InChI=1S/C13H19NO3/c1-2-17-12-7-11(8-14-9-12)13(15)10-3-5-16-6-4-10/h7-10,13,15H,2-6H2,1H3. The predicted molar refractivity (Wildman–Crippen MR) is 63.9 cm³/mol. The molecule has 0 radical (unpaired) electrons. The van der Waals surface area contributed by atoms with Crippen molar-refractivity contribution < 1.29 is 14.6 Å². The number of hydrogen-bond donors (Lipinski definition) is 1. The zero-order chi connectivity index (χ0) is 12.1. The lowest BCUT2D eigenvalue weighted by molar-refractivity contribution is 0.00698. The Hall–Kier alpha value is -1.13. The number of nitrogens with zero attached hydrogens (tertiary/aromatic N) is 1. The van der Waals surface area contributed by atoms with Crippen LogP contribution in [0.2, 0.25) is 0 Å². The number of ether oxygens (including phenoxy) is 2. The fraction of sp³-hybridized carbons (Fsp3) is 0.615. The monoisotopic (exact) mass is 237 g/mol. The summed E-state index contributed by atoms with van der Waals surface area (Å²) in [5.41, 5.74) is 0.836. The van der Waals surface area contributed by atoms with Crippen LogP contribution in [0.5, 0.6) is 5.75 Å². The van der Waals surface area contributed by atoms with Gasteiger partial charge in [0.2, 0.25) is 0 Å².